The van der Waals surface area contributed by atoms with Crippen molar-refractivity contribution in [3.05, 3.63) is 64.2 Å². The Balaban J connectivity index is 1.32. The quantitative estimate of drug-likeness (QED) is 0.444. The van der Waals surface area contributed by atoms with E-state index in [9.17, 15) is 27.9 Å². The van der Waals surface area contributed by atoms with Crippen LogP contribution in [0.1, 0.15) is 23.1 Å². The minimum Gasteiger partial charge on any atom is -0.497 e. The third-order valence-corrected chi connectivity index (χ3v) is 7.57. The molecule has 1 atom stereocenters. The molecule has 38 heavy (non-hydrogen) atoms. The maximum absolute atomic E-state index is 13.6. The zero-order valence-electron chi connectivity index (χ0n) is 20.4. The number of aliphatic hydroxyl groups excluding tert-OH is 1. The number of aromatic nitrogens is 2. The summed E-state index contributed by atoms with van der Waals surface area (Å²) in [5.74, 6) is -0.245. The fourth-order valence-electron chi connectivity index (χ4n) is 4.67. The van der Waals surface area contributed by atoms with E-state index >= 15 is 0 Å². The van der Waals surface area contributed by atoms with Crippen molar-refractivity contribution in [3.63, 3.8) is 0 Å². The minimum atomic E-state index is -4.54. The van der Waals surface area contributed by atoms with Crippen molar-refractivity contribution in [2.45, 2.75) is 25.2 Å². The standard InChI is InChI=1S/C26H25F3N4O4S/c1-37-20-4-3-17(21(12-20)26(27,28)29)14-33-22-5-2-16(10-18(22)13-30-33)11-23-24(35)32(25(36)38-23)9-8-31-7-6-19(34)15-31/h2-5,10-13,19,34H,6-9,14-15H2,1H3/b23-11-/t19-/m0/s1. The molecule has 0 bridgehead atoms. The molecule has 5 rings (SSSR count). The van der Waals surface area contributed by atoms with Gasteiger partial charge >= 0.3 is 6.18 Å². The normalized spacial score (nSPS) is 19.9. The Labute approximate surface area is 220 Å². The van der Waals surface area contributed by atoms with Crippen LogP contribution in [0.3, 0.4) is 0 Å². The number of likely N-dealkylation sites (tertiary alicyclic amines) is 1. The van der Waals surface area contributed by atoms with E-state index in [0.29, 0.717) is 40.9 Å². The van der Waals surface area contributed by atoms with Crippen LogP contribution in [0.5, 0.6) is 5.75 Å². The molecule has 0 aliphatic carbocycles. The summed E-state index contributed by atoms with van der Waals surface area (Å²) in [6.07, 6.45) is -1.04. The van der Waals surface area contributed by atoms with Crippen LogP contribution in [-0.2, 0) is 17.5 Å². The lowest BCUT2D eigenvalue weighted by atomic mass is 10.1. The fraction of sp³-hybridized carbons (Fsp3) is 0.346. The predicted molar refractivity (Wildman–Crippen MR) is 137 cm³/mol. The van der Waals surface area contributed by atoms with Crippen molar-refractivity contribution in [2.75, 3.05) is 33.3 Å². The number of benzene rings is 2. The van der Waals surface area contributed by atoms with Crippen molar-refractivity contribution in [1.29, 1.82) is 0 Å². The van der Waals surface area contributed by atoms with Crippen LogP contribution in [-0.4, -0.2) is 75.2 Å². The lowest BCUT2D eigenvalue weighted by Crippen LogP contribution is -2.36. The van der Waals surface area contributed by atoms with Crippen LogP contribution in [0.2, 0.25) is 0 Å². The van der Waals surface area contributed by atoms with E-state index in [0.717, 1.165) is 24.4 Å². The zero-order valence-corrected chi connectivity index (χ0v) is 21.3. The zero-order chi connectivity index (χ0) is 27.0. The number of aliphatic hydroxyl groups is 1. The molecule has 2 amide bonds. The van der Waals surface area contributed by atoms with Gasteiger partial charge in [0.15, 0.2) is 0 Å². The van der Waals surface area contributed by atoms with Gasteiger partial charge in [0.2, 0.25) is 0 Å². The minimum absolute atomic E-state index is 0.0597. The highest BCUT2D eigenvalue weighted by Gasteiger charge is 2.36. The number of β-amino-alcohol motifs (C(OH)–C–C–N with tert-alkyl or cyclic N) is 1. The van der Waals surface area contributed by atoms with E-state index in [-0.39, 0.29) is 41.7 Å². The molecule has 12 heteroatoms. The Morgan fingerprint density at radius 1 is 1.18 bits per heavy atom. The molecule has 1 aromatic heterocycles. The summed E-state index contributed by atoms with van der Waals surface area (Å²) in [6, 6.07) is 9.08. The van der Waals surface area contributed by atoms with Gasteiger partial charge in [-0.2, -0.15) is 18.3 Å². The van der Waals surface area contributed by atoms with Crippen molar-refractivity contribution >= 4 is 39.9 Å². The second kappa shape index (κ2) is 10.4. The number of halogens is 3. The number of ether oxygens (including phenoxy) is 1. The van der Waals surface area contributed by atoms with E-state index in [1.165, 1.54) is 28.8 Å². The molecule has 2 aliphatic heterocycles. The average Bonchev–Trinajstić information content (AvgIpc) is 3.55. The summed E-state index contributed by atoms with van der Waals surface area (Å²) in [4.78, 5) is 28.8. The topological polar surface area (TPSA) is 87.9 Å². The third kappa shape index (κ3) is 5.42. The number of alkyl halides is 3. The van der Waals surface area contributed by atoms with Gasteiger partial charge in [0.25, 0.3) is 11.1 Å². The average molecular weight is 547 g/mol. The summed E-state index contributed by atoms with van der Waals surface area (Å²) < 4.78 is 47.3. The summed E-state index contributed by atoms with van der Waals surface area (Å²) in [6.45, 7) is 1.95. The van der Waals surface area contributed by atoms with Crippen LogP contribution in [0, 0.1) is 0 Å². The van der Waals surface area contributed by atoms with Crippen LogP contribution >= 0.6 is 11.8 Å². The summed E-state index contributed by atoms with van der Waals surface area (Å²) in [5, 5.41) is 14.3. The number of hydrogen-bond acceptors (Lipinski definition) is 7. The first kappa shape index (κ1) is 26.3. The fourth-order valence-corrected chi connectivity index (χ4v) is 5.53. The second-order valence-electron chi connectivity index (χ2n) is 9.22. The van der Waals surface area contributed by atoms with Gasteiger partial charge in [-0.3, -0.25) is 24.1 Å². The van der Waals surface area contributed by atoms with E-state index in [4.69, 9.17) is 4.74 Å². The van der Waals surface area contributed by atoms with Gasteiger partial charge in [0.1, 0.15) is 5.75 Å². The Kier molecular flexibility index (Phi) is 7.21. The van der Waals surface area contributed by atoms with Crippen LogP contribution < -0.4 is 4.74 Å². The molecule has 2 aromatic carbocycles. The number of methoxy groups -OCH3 is 1. The third-order valence-electron chi connectivity index (χ3n) is 6.67. The smallest absolute Gasteiger partial charge is 0.416 e. The Bertz CT molecular complexity index is 1420. The second-order valence-corrected chi connectivity index (χ2v) is 10.2. The lowest BCUT2D eigenvalue weighted by molar-refractivity contribution is -0.138. The molecule has 1 N–H and O–H groups in total. The molecular weight excluding hydrogens is 521 g/mol. The highest BCUT2D eigenvalue weighted by atomic mass is 32.2. The molecule has 200 valence electrons. The number of nitrogens with zero attached hydrogens (tertiary/aromatic N) is 4. The number of rotatable bonds is 7. The predicted octanol–water partition coefficient (Wildman–Crippen LogP) is 4.21. The van der Waals surface area contributed by atoms with Crippen LogP contribution in [0.4, 0.5) is 18.0 Å². The Morgan fingerprint density at radius 3 is 2.71 bits per heavy atom. The summed E-state index contributed by atoms with van der Waals surface area (Å²) >= 11 is 0.872. The lowest BCUT2D eigenvalue weighted by Gasteiger charge is -2.18. The first-order valence-electron chi connectivity index (χ1n) is 12.0. The van der Waals surface area contributed by atoms with Crippen LogP contribution in [0.15, 0.2) is 47.5 Å². The number of thioether (sulfide) groups is 1. The largest absolute Gasteiger partial charge is 0.497 e. The maximum atomic E-state index is 13.6. The number of imide groups is 1. The maximum Gasteiger partial charge on any atom is 0.416 e. The molecule has 3 aromatic rings. The van der Waals surface area contributed by atoms with E-state index < -0.39 is 11.7 Å². The highest BCUT2D eigenvalue weighted by Crippen LogP contribution is 2.36. The molecule has 3 heterocycles. The number of amides is 2. The van der Waals surface area contributed by atoms with Gasteiger partial charge in [-0.25, -0.2) is 0 Å². The van der Waals surface area contributed by atoms with E-state index in [1.807, 2.05) is 4.90 Å². The molecular formula is C26H25F3N4O4S. The SMILES string of the molecule is COc1ccc(Cn2ncc3cc(/C=C4\SC(=O)N(CCN5CC[C@H](O)C5)C4=O)ccc32)c(C(F)(F)F)c1. The van der Waals surface area contributed by atoms with Gasteiger partial charge in [0.05, 0.1) is 41.9 Å². The molecule has 0 spiro atoms. The van der Waals surface area contributed by atoms with Crippen molar-refractivity contribution < 1.29 is 32.6 Å². The van der Waals surface area contributed by atoms with E-state index in [1.54, 1.807) is 30.5 Å². The molecule has 2 aliphatic rings. The number of carbonyl (C=O) groups is 2. The molecule has 2 saturated heterocycles. The Hall–Kier alpha value is -3.35. The number of fused-ring (bicyclic) bond motifs is 1. The highest BCUT2D eigenvalue weighted by molar-refractivity contribution is 8.18. The first-order chi connectivity index (χ1) is 18.1. The van der Waals surface area contributed by atoms with Gasteiger partial charge in [-0.1, -0.05) is 12.1 Å². The van der Waals surface area contributed by atoms with Crippen molar-refractivity contribution in [1.82, 2.24) is 19.6 Å². The van der Waals surface area contributed by atoms with Gasteiger partial charge in [-0.05, 0) is 59.7 Å². The molecule has 2 fully saturated rings. The summed E-state index contributed by atoms with van der Waals surface area (Å²) in [5.41, 5.74) is 0.580. The molecule has 0 saturated carbocycles. The molecule has 8 nitrogen and oxygen atoms in total. The van der Waals surface area contributed by atoms with Gasteiger partial charge in [0, 0.05) is 31.6 Å². The monoisotopic (exact) mass is 546 g/mol. The molecule has 0 radical (unpaired) electrons. The Morgan fingerprint density at radius 2 is 2.00 bits per heavy atom. The van der Waals surface area contributed by atoms with Crippen LogP contribution in [0.25, 0.3) is 17.0 Å². The van der Waals surface area contributed by atoms with Crippen molar-refractivity contribution in [2.24, 2.45) is 0 Å². The van der Waals surface area contributed by atoms with Gasteiger partial charge < -0.3 is 9.84 Å². The molecule has 0 unspecified atom stereocenters. The van der Waals surface area contributed by atoms with Gasteiger partial charge in [-0.15, -0.1) is 0 Å². The van der Waals surface area contributed by atoms with E-state index in [2.05, 4.69) is 5.10 Å². The number of carbonyl (C=O) groups excluding carboxylic acids is 2. The first-order valence-corrected chi connectivity index (χ1v) is 12.8. The summed E-state index contributed by atoms with van der Waals surface area (Å²) in [7, 11) is 1.31. The number of hydrogen-bond donors (Lipinski definition) is 1. The van der Waals surface area contributed by atoms with Crippen molar-refractivity contribution in [3.8, 4) is 5.75 Å².